The zero-order chi connectivity index (χ0) is 19.8. The van der Waals surface area contributed by atoms with Crippen LogP contribution in [0.15, 0.2) is 24.3 Å². The van der Waals surface area contributed by atoms with Gasteiger partial charge in [0.2, 0.25) is 0 Å². The van der Waals surface area contributed by atoms with E-state index in [-0.39, 0.29) is 16.2 Å². The summed E-state index contributed by atoms with van der Waals surface area (Å²) in [7, 11) is -2.17. The molecule has 1 fully saturated rings. The predicted octanol–water partition coefficient (Wildman–Crippen LogP) is 4.39. The van der Waals surface area contributed by atoms with Crippen LogP contribution in [0.2, 0.25) is 18.1 Å². The summed E-state index contributed by atoms with van der Waals surface area (Å²) in [6, 6.07) is 7.93. The lowest BCUT2D eigenvalue weighted by molar-refractivity contribution is 0.00578. The second-order valence-electron chi connectivity index (χ2n) is 9.58. The highest BCUT2D eigenvalue weighted by Gasteiger charge is 2.52. The Morgan fingerprint density at radius 1 is 0.962 bits per heavy atom. The third kappa shape index (κ3) is 4.53. The van der Waals surface area contributed by atoms with E-state index in [1.165, 1.54) is 0 Å². The minimum Gasteiger partial charge on any atom is -0.492 e. The predicted molar refractivity (Wildman–Crippen MR) is 111 cm³/mol. The molecule has 1 heterocycles. The molecular formula is C20H35BO4Si. The van der Waals surface area contributed by atoms with Gasteiger partial charge in [-0.15, -0.1) is 0 Å². The fourth-order valence-corrected chi connectivity index (χ4v) is 3.47. The molecule has 2 rings (SSSR count). The van der Waals surface area contributed by atoms with Gasteiger partial charge in [0.1, 0.15) is 12.4 Å². The Hall–Kier alpha value is -0.818. The van der Waals surface area contributed by atoms with E-state index in [0.717, 1.165) is 11.2 Å². The zero-order valence-corrected chi connectivity index (χ0v) is 18.9. The molecule has 4 nitrogen and oxygen atoms in total. The van der Waals surface area contributed by atoms with Crippen molar-refractivity contribution < 1.29 is 18.5 Å². The average Bonchev–Trinajstić information content (AvgIpc) is 2.71. The van der Waals surface area contributed by atoms with Crippen LogP contribution >= 0.6 is 0 Å². The van der Waals surface area contributed by atoms with Crippen molar-refractivity contribution in [3.63, 3.8) is 0 Å². The number of para-hydroxylation sites is 1. The van der Waals surface area contributed by atoms with Crippen LogP contribution in [0, 0.1) is 0 Å². The number of rotatable bonds is 6. The van der Waals surface area contributed by atoms with E-state index in [1.807, 2.05) is 24.3 Å². The molecular weight excluding hydrogens is 343 g/mol. The van der Waals surface area contributed by atoms with Crippen LogP contribution in [0.3, 0.4) is 0 Å². The summed E-state index contributed by atoms with van der Waals surface area (Å²) in [6.45, 7) is 20.6. The lowest BCUT2D eigenvalue weighted by Gasteiger charge is -2.36. The second kappa shape index (κ2) is 7.30. The number of ether oxygens (including phenoxy) is 1. The van der Waals surface area contributed by atoms with Crippen molar-refractivity contribution in [3.8, 4) is 5.75 Å². The standard InChI is InChI=1S/C20H35BO4Si/c1-18(2,3)26(8,9)23-15-14-22-17-13-11-10-12-16(17)21-24-19(4,5)20(6,7)25-21/h10-13H,14-15H2,1-9H3. The van der Waals surface area contributed by atoms with Gasteiger partial charge in [0.25, 0.3) is 0 Å². The van der Waals surface area contributed by atoms with E-state index in [0.29, 0.717) is 13.2 Å². The molecule has 0 saturated carbocycles. The normalized spacial score (nSPS) is 19.7. The Balaban J connectivity index is 2.01. The Kier molecular flexibility index (Phi) is 6.03. The quantitative estimate of drug-likeness (QED) is 0.544. The zero-order valence-electron chi connectivity index (χ0n) is 17.9. The molecule has 0 spiro atoms. The molecule has 1 aliphatic rings. The monoisotopic (exact) mass is 378 g/mol. The van der Waals surface area contributed by atoms with Crippen molar-refractivity contribution >= 4 is 20.9 Å². The van der Waals surface area contributed by atoms with Crippen LogP contribution < -0.4 is 10.2 Å². The topological polar surface area (TPSA) is 36.9 Å². The van der Waals surface area contributed by atoms with E-state index >= 15 is 0 Å². The summed E-state index contributed by atoms with van der Waals surface area (Å²) in [4.78, 5) is 0. The van der Waals surface area contributed by atoms with Gasteiger partial charge in [-0.05, 0) is 51.9 Å². The molecule has 0 aromatic heterocycles. The molecule has 26 heavy (non-hydrogen) atoms. The van der Waals surface area contributed by atoms with Gasteiger partial charge < -0.3 is 18.5 Å². The van der Waals surface area contributed by atoms with E-state index < -0.39 is 15.4 Å². The molecule has 0 bridgehead atoms. The highest BCUT2D eigenvalue weighted by molar-refractivity contribution is 6.74. The molecule has 0 amide bonds. The lowest BCUT2D eigenvalue weighted by atomic mass is 9.78. The van der Waals surface area contributed by atoms with E-state index in [1.54, 1.807) is 0 Å². The molecule has 0 unspecified atom stereocenters. The van der Waals surface area contributed by atoms with Gasteiger partial charge in [-0.3, -0.25) is 0 Å². The molecule has 146 valence electrons. The highest BCUT2D eigenvalue weighted by atomic mass is 28.4. The fourth-order valence-electron chi connectivity index (χ4n) is 2.44. The molecule has 0 aliphatic carbocycles. The number of hydrogen-bond acceptors (Lipinski definition) is 4. The van der Waals surface area contributed by atoms with Crippen LogP contribution in [0.5, 0.6) is 5.75 Å². The van der Waals surface area contributed by atoms with Crippen LogP contribution in [0.25, 0.3) is 0 Å². The van der Waals surface area contributed by atoms with Gasteiger partial charge in [-0.25, -0.2) is 0 Å². The largest absolute Gasteiger partial charge is 0.498 e. The maximum atomic E-state index is 6.20. The maximum Gasteiger partial charge on any atom is 0.498 e. The first kappa shape index (κ1) is 21.5. The van der Waals surface area contributed by atoms with Crippen LogP contribution in [-0.4, -0.2) is 39.9 Å². The van der Waals surface area contributed by atoms with Crippen LogP contribution in [-0.2, 0) is 13.7 Å². The fraction of sp³-hybridized carbons (Fsp3) is 0.700. The first-order chi connectivity index (χ1) is 11.8. The molecule has 1 aliphatic heterocycles. The smallest absolute Gasteiger partial charge is 0.492 e. The summed E-state index contributed by atoms with van der Waals surface area (Å²) in [5.74, 6) is 0.796. The van der Waals surface area contributed by atoms with Crippen molar-refractivity contribution in [1.29, 1.82) is 0 Å². The van der Waals surface area contributed by atoms with Gasteiger partial charge >= 0.3 is 7.12 Å². The molecule has 1 aromatic rings. The van der Waals surface area contributed by atoms with Crippen LogP contribution in [0.4, 0.5) is 0 Å². The van der Waals surface area contributed by atoms with Gasteiger partial charge in [-0.1, -0.05) is 39.0 Å². The van der Waals surface area contributed by atoms with Gasteiger partial charge in [0.15, 0.2) is 8.32 Å². The van der Waals surface area contributed by atoms with Crippen molar-refractivity contribution in [2.45, 2.75) is 77.8 Å². The first-order valence-electron chi connectivity index (χ1n) is 9.48. The van der Waals surface area contributed by atoms with Crippen LogP contribution in [0.1, 0.15) is 48.5 Å². The van der Waals surface area contributed by atoms with Crippen molar-refractivity contribution in [1.82, 2.24) is 0 Å². The van der Waals surface area contributed by atoms with Crippen molar-refractivity contribution in [3.05, 3.63) is 24.3 Å². The second-order valence-corrected chi connectivity index (χ2v) is 14.4. The van der Waals surface area contributed by atoms with Gasteiger partial charge in [0.05, 0.1) is 17.8 Å². The Morgan fingerprint density at radius 2 is 1.50 bits per heavy atom. The number of benzene rings is 1. The summed E-state index contributed by atoms with van der Waals surface area (Å²) in [5.41, 5.74) is 0.199. The Morgan fingerprint density at radius 3 is 2.04 bits per heavy atom. The minimum atomic E-state index is -1.75. The summed E-state index contributed by atoms with van der Waals surface area (Å²) in [5, 5.41) is 0.202. The molecule has 1 saturated heterocycles. The molecule has 0 atom stereocenters. The Bertz CT molecular complexity index is 606. The van der Waals surface area contributed by atoms with E-state index in [4.69, 9.17) is 18.5 Å². The maximum absolute atomic E-state index is 6.20. The van der Waals surface area contributed by atoms with E-state index in [2.05, 4.69) is 61.6 Å². The van der Waals surface area contributed by atoms with E-state index in [9.17, 15) is 0 Å². The summed E-state index contributed by atoms with van der Waals surface area (Å²) < 4.78 is 24.6. The minimum absolute atomic E-state index is 0.202. The summed E-state index contributed by atoms with van der Waals surface area (Å²) in [6.07, 6.45) is 0. The third-order valence-corrected chi connectivity index (χ3v) is 10.6. The third-order valence-electron chi connectivity index (χ3n) is 6.04. The lowest BCUT2D eigenvalue weighted by Crippen LogP contribution is -2.42. The highest BCUT2D eigenvalue weighted by Crippen LogP contribution is 2.37. The molecule has 0 radical (unpaired) electrons. The van der Waals surface area contributed by atoms with Crippen molar-refractivity contribution in [2.75, 3.05) is 13.2 Å². The molecule has 1 aromatic carbocycles. The first-order valence-corrected chi connectivity index (χ1v) is 12.4. The Labute approximate surface area is 160 Å². The SMILES string of the molecule is CC1(C)OB(c2ccccc2OCCO[Si](C)(C)C(C)(C)C)OC1(C)C. The van der Waals surface area contributed by atoms with Gasteiger partial charge in [-0.2, -0.15) is 0 Å². The number of hydrogen-bond donors (Lipinski definition) is 0. The average molecular weight is 378 g/mol. The molecule has 0 N–H and O–H groups in total. The summed E-state index contributed by atoms with van der Waals surface area (Å²) >= 11 is 0. The molecule has 6 heteroatoms. The van der Waals surface area contributed by atoms with Crippen molar-refractivity contribution in [2.24, 2.45) is 0 Å². The van der Waals surface area contributed by atoms with Gasteiger partial charge in [0, 0.05) is 5.46 Å².